The largest absolute Gasteiger partial charge is 0.461 e. The molecule has 0 bridgehead atoms. The van der Waals surface area contributed by atoms with Gasteiger partial charge in [0, 0.05) is 29.9 Å². The Kier molecular flexibility index (Phi) is 3.41. The molecule has 2 heteroatoms. The first-order valence-electron chi connectivity index (χ1n) is 9.13. The molecule has 0 N–H and O–H groups in total. The third-order valence-electron chi connectivity index (χ3n) is 5.49. The van der Waals surface area contributed by atoms with Gasteiger partial charge in [-0.2, -0.15) is 0 Å². The summed E-state index contributed by atoms with van der Waals surface area (Å²) in [6.45, 7) is 11.0. The monoisotopic (exact) mass is 334 g/mol. The molecule has 130 valence electrons. The molecule has 2 aromatic carbocycles. The maximum Gasteiger partial charge on any atom is 0.163 e. The molecule has 1 aliphatic carbocycles. The van der Waals surface area contributed by atoms with Gasteiger partial charge in [0.2, 0.25) is 0 Å². The number of hydrogen-bond donors (Lipinski definition) is 0. The summed E-state index contributed by atoms with van der Waals surface area (Å²) in [4.78, 5) is 13.1. The first kappa shape index (κ1) is 16.4. The third-order valence-corrected chi connectivity index (χ3v) is 5.49. The van der Waals surface area contributed by atoms with Crippen molar-refractivity contribution in [3.05, 3.63) is 53.3 Å². The Balaban J connectivity index is 2.02. The van der Waals surface area contributed by atoms with Crippen LogP contribution in [0.15, 0.2) is 47.7 Å². The number of ether oxygens (including phenoxy) is 1. The Morgan fingerprint density at radius 1 is 1.04 bits per heavy atom. The lowest BCUT2D eigenvalue weighted by atomic mass is 9.64. The van der Waals surface area contributed by atoms with Gasteiger partial charge in [-0.15, -0.1) is 0 Å². The summed E-state index contributed by atoms with van der Waals surface area (Å²) in [5, 5.41) is 2.40. The number of benzene rings is 2. The van der Waals surface area contributed by atoms with Crippen LogP contribution in [0.4, 0.5) is 0 Å². The number of hydrogen-bond acceptors (Lipinski definition) is 2. The average molecular weight is 334 g/mol. The predicted octanol–water partition coefficient (Wildman–Crippen LogP) is 6.01. The highest BCUT2D eigenvalue weighted by atomic mass is 16.5. The minimum absolute atomic E-state index is 0.0350. The summed E-state index contributed by atoms with van der Waals surface area (Å²) in [7, 11) is 0. The topological polar surface area (TPSA) is 26.3 Å². The zero-order chi connectivity index (χ0) is 18.0. The Morgan fingerprint density at radius 2 is 1.76 bits per heavy atom. The average Bonchev–Trinajstić information content (AvgIpc) is 2.50. The number of fused-ring (bicyclic) bond motifs is 3. The van der Waals surface area contributed by atoms with Crippen molar-refractivity contribution in [2.24, 2.45) is 10.8 Å². The van der Waals surface area contributed by atoms with E-state index in [9.17, 15) is 4.79 Å². The summed E-state index contributed by atoms with van der Waals surface area (Å²) < 4.78 is 6.33. The molecule has 2 nitrogen and oxygen atoms in total. The van der Waals surface area contributed by atoms with Gasteiger partial charge < -0.3 is 4.74 Å². The lowest BCUT2D eigenvalue weighted by molar-refractivity contribution is -0.119. The van der Waals surface area contributed by atoms with Gasteiger partial charge in [0.15, 0.2) is 5.78 Å². The molecule has 25 heavy (non-hydrogen) atoms. The van der Waals surface area contributed by atoms with Crippen LogP contribution in [-0.4, -0.2) is 5.78 Å². The molecule has 0 aromatic heterocycles. The molecule has 4 rings (SSSR count). The van der Waals surface area contributed by atoms with E-state index in [2.05, 4.69) is 71.0 Å². The molecule has 2 aliphatic rings. The van der Waals surface area contributed by atoms with Gasteiger partial charge in [-0.25, -0.2) is 0 Å². The van der Waals surface area contributed by atoms with E-state index < -0.39 is 0 Å². The first-order chi connectivity index (χ1) is 11.7. The fourth-order valence-corrected chi connectivity index (χ4v) is 4.50. The highest BCUT2D eigenvalue weighted by molar-refractivity contribution is 6.01. The van der Waals surface area contributed by atoms with Gasteiger partial charge in [0.1, 0.15) is 11.5 Å². The standard InChI is InChI=1S/C23H26O2/c1-22(2,3)21-19-15-9-7-6-8-14(15)10-11-17(19)25-18-13-23(4,5)12-16(24)20(18)21/h6-11,21H,12-13H2,1-5H3. The van der Waals surface area contributed by atoms with Crippen molar-refractivity contribution in [2.45, 2.75) is 53.4 Å². The van der Waals surface area contributed by atoms with Gasteiger partial charge in [-0.3, -0.25) is 4.79 Å². The van der Waals surface area contributed by atoms with E-state index in [1.165, 1.54) is 16.3 Å². The Hall–Kier alpha value is -2.09. The van der Waals surface area contributed by atoms with Crippen molar-refractivity contribution >= 4 is 16.6 Å². The van der Waals surface area contributed by atoms with Crippen LogP contribution < -0.4 is 4.74 Å². The van der Waals surface area contributed by atoms with Gasteiger partial charge in [0.05, 0.1) is 0 Å². The summed E-state index contributed by atoms with van der Waals surface area (Å²) in [5.41, 5.74) is 2.00. The Labute approximate surface area is 149 Å². The molecule has 1 aliphatic heterocycles. The van der Waals surface area contributed by atoms with Crippen LogP contribution in [0.25, 0.3) is 10.8 Å². The maximum absolute atomic E-state index is 13.1. The van der Waals surface area contributed by atoms with Crippen molar-refractivity contribution in [1.82, 2.24) is 0 Å². The minimum Gasteiger partial charge on any atom is -0.461 e. The Morgan fingerprint density at radius 3 is 2.48 bits per heavy atom. The Bertz CT molecular complexity index is 909. The lowest BCUT2D eigenvalue weighted by Crippen LogP contribution is -2.36. The third kappa shape index (κ3) is 2.59. The number of allylic oxidation sites excluding steroid dienone is 2. The minimum atomic E-state index is -0.0552. The van der Waals surface area contributed by atoms with Crippen molar-refractivity contribution in [3.63, 3.8) is 0 Å². The molecule has 0 radical (unpaired) electrons. The maximum atomic E-state index is 13.1. The number of carbonyl (C=O) groups is 1. The summed E-state index contributed by atoms with van der Waals surface area (Å²) >= 11 is 0. The smallest absolute Gasteiger partial charge is 0.163 e. The predicted molar refractivity (Wildman–Crippen MR) is 102 cm³/mol. The van der Waals surface area contributed by atoms with E-state index >= 15 is 0 Å². The van der Waals surface area contributed by atoms with Crippen molar-refractivity contribution < 1.29 is 9.53 Å². The highest BCUT2D eigenvalue weighted by Gasteiger charge is 2.45. The second kappa shape index (κ2) is 5.20. The number of Topliss-reactive ketones (excluding diaryl/α,β-unsaturated/α-hetero) is 1. The number of ketones is 1. The molecule has 1 heterocycles. The zero-order valence-corrected chi connectivity index (χ0v) is 15.8. The van der Waals surface area contributed by atoms with Gasteiger partial charge in [0.25, 0.3) is 0 Å². The van der Waals surface area contributed by atoms with Gasteiger partial charge >= 0.3 is 0 Å². The molecule has 0 spiro atoms. The SMILES string of the molecule is CC1(C)CC(=O)C2=C(C1)Oc1ccc3ccccc3c1C2C(C)(C)C. The second-order valence-corrected chi connectivity index (χ2v) is 9.38. The van der Waals surface area contributed by atoms with Crippen LogP contribution in [0.2, 0.25) is 0 Å². The van der Waals surface area contributed by atoms with Crippen LogP contribution in [0.1, 0.15) is 58.9 Å². The number of carbonyl (C=O) groups excluding carboxylic acids is 1. The van der Waals surface area contributed by atoms with Crippen LogP contribution in [0, 0.1) is 10.8 Å². The van der Waals surface area contributed by atoms with E-state index in [-0.39, 0.29) is 22.5 Å². The zero-order valence-electron chi connectivity index (χ0n) is 15.8. The molecule has 2 aromatic rings. The molecule has 1 unspecified atom stereocenters. The molecule has 0 amide bonds. The van der Waals surface area contributed by atoms with Gasteiger partial charge in [-0.05, 0) is 27.7 Å². The lowest BCUT2D eigenvalue weighted by Gasteiger charge is -2.43. The summed E-state index contributed by atoms with van der Waals surface area (Å²) in [6, 6.07) is 12.6. The van der Waals surface area contributed by atoms with Gasteiger partial charge in [-0.1, -0.05) is 65.0 Å². The van der Waals surface area contributed by atoms with Crippen LogP contribution >= 0.6 is 0 Å². The molecular weight excluding hydrogens is 308 g/mol. The summed E-state index contributed by atoms with van der Waals surface area (Å²) in [6.07, 6.45) is 1.43. The number of rotatable bonds is 0. The van der Waals surface area contributed by atoms with Crippen LogP contribution in [-0.2, 0) is 4.79 Å². The fraction of sp³-hybridized carbons (Fsp3) is 0.435. The van der Waals surface area contributed by atoms with E-state index in [1.807, 2.05) is 0 Å². The quantitative estimate of drug-likeness (QED) is 0.590. The van der Waals surface area contributed by atoms with Crippen molar-refractivity contribution in [2.75, 3.05) is 0 Å². The molecular formula is C23H26O2. The van der Waals surface area contributed by atoms with E-state index in [0.29, 0.717) is 6.42 Å². The van der Waals surface area contributed by atoms with E-state index in [1.54, 1.807) is 0 Å². The molecule has 0 fully saturated rings. The van der Waals surface area contributed by atoms with E-state index in [4.69, 9.17) is 4.74 Å². The fourth-order valence-electron chi connectivity index (χ4n) is 4.50. The van der Waals surface area contributed by atoms with E-state index in [0.717, 1.165) is 23.5 Å². The normalized spacial score (nSPS) is 22.4. The van der Waals surface area contributed by atoms with Crippen LogP contribution in [0.3, 0.4) is 0 Å². The van der Waals surface area contributed by atoms with Crippen molar-refractivity contribution in [1.29, 1.82) is 0 Å². The van der Waals surface area contributed by atoms with Crippen molar-refractivity contribution in [3.8, 4) is 5.75 Å². The van der Waals surface area contributed by atoms with Crippen LogP contribution in [0.5, 0.6) is 5.75 Å². The highest BCUT2D eigenvalue weighted by Crippen LogP contribution is 2.55. The molecule has 0 saturated carbocycles. The first-order valence-corrected chi connectivity index (χ1v) is 9.13. The second-order valence-electron chi connectivity index (χ2n) is 9.38. The summed E-state index contributed by atoms with van der Waals surface area (Å²) in [5.74, 6) is 2.14. The molecule has 1 atom stereocenters. The molecule has 0 saturated heterocycles.